The van der Waals surface area contributed by atoms with Gasteiger partial charge in [0.1, 0.15) is 11.7 Å². The van der Waals surface area contributed by atoms with Crippen LogP contribution < -0.4 is 9.73 Å². The molecule has 2 N–H and O–H groups in total. The minimum Gasteiger partial charge on any atom is -0.507 e. The molecule has 0 saturated heterocycles. The summed E-state index contributed by atoms with van der Waals surface area (Å²) in [6.07, 6.45) is 1.33. The van der Waals surface area contributed by atoms with Crippen molar-refractivity contribution in [2.45, 2.75) is 6.92 Å². The lowest BCUT2D eigenvalue weighted by atomic mass is 9.73. The predicted molar refractivity (Wildman–Crippen MR) is 94.3 cm³/mol. The average molecular weight is 344 g/mol. The van der Waals surface area contributed by atoms with Gasteiger partial charge in [-0.3, -0.25) is 9.59 Å². The summed E-state index contributed by atoms with van der Waals surface area (Å²) in [6, 6.07) is 12.4. The Kier molecular flexibility index (Phi) is 2.86. The maximum absolute atomic E-state index is 13.1. The number of fused-ring (bicyclic) bond motifs is 5. The zero-order chi connectivity index (χ0) is 18.0. The zero-order valence-electron chi connectivity index (χ0n) is 13.9. The molecule has 0 aromatic heterocycles. The highest BCUT2D eigenvalue weighted by molar-refractivity contribution is 6.32. The first-order valence-electron chi connectivity index (χ1n) is 8.30. The van der Waals surface area contributed by atoms with Crippen LogP contribution in [0, 0.1) is 12.8 Å². The molecule has 1 unspecified atom stereocenters. The van der Waals surface area contributed by atoms with E-state index in [4.69, 9.17) is 4.74 Å². The molecule has 2 aliphatic carbocycles. The van der Waals surface area contributed by atoms with E-state index < -0.39 is 11.7 Å². The number of aliphatic hydroxyl groups is 1. The minimum atomic E-state index is -0.896. The quantitative estimate of drug-likeness (QED) is 0.764. The highest BCUT2D eigenvalue weighted by Gasteiger charge is 2.49. The Balaban J connectivity index is 1.77. The summed E-state index contributed by atoms with van der Waals surface area (Å²) in [6.45, 7) is 1.95. The summed E-state index contributed by atoms with van der Waals surface area (Å²) < 4.78 is 5.89. The molecule has 0 bridgehead atoms. The number of Topliss-reactive ketones (excluding diaryl/α,β-unsaturated/α-hetero) is 1. The Labute approximate surface area is 149 Å². The Morgan fingerprint density at radius 3 is 2.65 bits per heavy atom. The van der Waals surface area contributed by atoms with E-state index in [1.54, 1.807) is 24.3 Å². The van der Waals surface area contributed by atoms with Crippen molar-refractivity contribution in [3.05, 3.63) is 76.6 Å². The van der Waals surface area contributed by atoms with Crippen molar-refractivity contribution >= 4 is 28.7 Å². The molecule has 5 rings (SSSR count). The number of hydrogen-bond donors (Lipinski definition) is 2. The highest BCUT2D eigenvalue weighted by Crippen LogP contribution is 2.39. The molecule has 0 saturated carbocycles. The Bertz CT molecular complexity index is 1120. The van der Waals surface area contributed by atoms with Crippen molar-refractivity contribution in [3.63, 3.8) is 0 Å². The van der Waals surface area contributed by atoms with E-state index >= 15 is 0 Å². The molecule has 126 valence electrons. The van der Waals surface area contributed by atoms with E-state index in [0.29, 0.717) is 28.3 Å². The SMILES string of the molecule is Cc1ccc2c(c1)OC1=CC(=O)C3=C(O)c4ccccc4C(=O)C3C1=[NH+]2. The van der Waals surface area contributed by atoms with E-state index in [1.165, 1.54) is 6.08 Å². The number of hydrogen-bond acceptors (Lipinski definition) is 4. The lowest BCUT2D eigenvalue weighted by Gasteiger charge is -2.29. The van der Waals surface area contributed by atoms with Crippen LogP contribution in [0.4, 0.5) is 5.69 Å². The molecule has 0 fully saturated rings. The molecule has 0 radical (unpaired) electrons. The molecule has 3 aliphatic rings. The van der Waals surface area contributed by atoms with Gasteiger partial charge in [-0.15, -0.1) is 0 Å². The fourth-order valence-corrected chi connectivity index (χ4v) is 3.72. The van der Waals surface area contributed by atoms with Crippen LogP contribution in [-0.4, -0.2) is 22.4 Å². The van der Waals surface area contributed by atoms with Crippen LogP contribution in [0.3, 0.4) is 0 Å². The van der Waals surface area contributed by atoms with E-state index in [1.807, 2.05) is 25.1 Å². The van der Waals surface area contributed by atoms with Crippen LogP contribution >= 0.6 is 0 Å². The van der Waals surface area contributed by atoms with Crippen molar-refractivity contribution in [1.82, 2.24) is 0 Å². The number of allylic oxidation sites excluding steroid dienone is 3. The van der Waals surface area contributed by atoms with Crippen LogP contribution in [0.1, 0.15) is 21.5 Å². The van der Waals surface area contributed by atoms with E-state index in [-0.39, 0.29) is 17.1 Å². The van der Waals surface area contributed by atoms with Gasteiger partial charge in [0.05, 0.1) is 5.57 Å². The number of ether oxygens (including phenoxy) is 1. The van der Waals surface area contributed by atoms with E-state index in [2.05, 4.69) is 4.99 Å². The molecule has 0 spiro atoms. The summed E-state index contributed by atoms with van der Waals surface area (Å²) in [5, 5.41) is 10.7. The summed E-state index contributed by atoms with van der Waals surface area (Å²) >= 11 is 0. The third kappa shape index (κ3) is 1.88. The molecule has 0 amide bonds. The normalized spacial score (nSPS) is 20.3. The van der Waals surface area contributed by atoms with E-state index in [0.717, 1.165) is 11.3 Å². The van der Waals surface area contributed by atoms with Crippen molar-refractivity contribution in [2.24, 2.45) is 5.92 Å². The number of rotatable bonds is 0. The van der Waals surface area contributed by atoms with E-state index in [9.17, 15) is 14.7 Å². The largest absolute Gasteiger partial charge is 0.507 e. The van der Waals surface area contributed by atoms with Crippen LogP contribution in [0.2, 0.25) is 0 Å². The number of aryl methyl sites for hydroxylation is 1. The van der Waals surface area contributed by atoms with Gasteiger partial charge in [0, 0.05) is 23.3 Å². The number of carbonyl (C=O) groups excluding carboxylic acids is 2. The molecule has 1 aliphatic heterocycles. The molecular formula is C21H14NO4+. The first-order valence-corrected chi connectivity index (χ1v) is 8.30. The van der Waals surface area contributed by atoms with Crippen LogP contribution in [-0.2, 0) is 4.79 Å². The second kappa shape index (κ2) is 5.02. The lowest BCUT2D eigenvalue weighted by molar-refractivity contribution is -0.361. The molecule has 5 nitrogen and oxygen atoms in total. The summed E-state index contributed by atoms with van der Waals surface area (Å²) in [4.78, 5) is 29.0. The van der Waals surface area contributed by atoms with Gasteiger partial charge in [0.15, 0.2) is 23.1 Å². The summed E-state index contributed by atoms with van der Waals surface area (Å²) in [5.74, 6) is -0.752. The summed E-state index contributed by atoms with van der Waals surface area (Å²) in [5.41, 5.74) is 3.13. The van der Waals surface area contributed by atoms with Gasteiger partial charge < -0.3 is 9.84 Å². The van der Waals surface area contributed by atoms with Crippen LogP contribution in [0.15, 0.2) is 59.9 Å². The molecule has 5 heteroatoms. The van der Waals surface area contributed by atoms with Crippen LogP contribution in [0.5, 0.6) is 5.75 Å². The predicted octanol–water partition coefficient (Wildman–Crippen LogP) is 1.79. The average Bonchev–Trinajstić information content (AvgIpc) is 2.64. The van der Waals surface area contributed by atoms with Gasteiger partial charge in [-0.25, -0.2) is 4.99 Å². The highest BCUT2D eigenvalue weighted by atomic mass is 16.5. The summed E-state index contributed by atoms with van der Waals surface area (Å²) in [7, 11) is 0. The molecule has 2 aromatic carbocycles. The van der Waals surface area contributed by atoms with Gasteiger partial charge >= 0.3 is 0 Å². The van der Waals surface area contributed by atoms with Crippen molar-refractivity contribution < 1.29 is 24.4 Å². The third-order valence-corrected chi connectivity index (χ3v) is 4.96. The maximum Gasteiger partial charge on any atom is 0.246 e. The smallest absolute Gasteiger partial charge is 0.246 e. The van der Waals surface area contributed by atoms with Crippen LogP contribution in [0.25, 0.3) is 5.76 Å². The number of nitrogens with one attached hydrogen (secondary N) is 1. The first-order chi connectivity index (χ1) is 12.5. The Hall–Kier alpha value is -3.47. The monoisotopic (exact) mass is 344 g/mol. The van der Waals surface area contributed by atoms with Gasteiger partial charge in [-0.05, 0) is 18.6 Å². The molecule has 1 atom stereocenters. The third-order valence-electron chi connectivity index (χ3n) is 4.96. The fraction of sp³-hybridized carbons (Fsp3) is 0.0952. The van der Waals surface area contributed by atoms with Crippen molar-refractivity contribution in [2.75, 3.05) is 0 Å². The van der Waals surface area contributed by atoms with Gasteiger partial charge in [-0.1, -0.05) is 30.3 Å². The Morgan fingerprint density at radius 1 is 1.08 bits per heavy atom. The number of benzene rings is 2. The molecule has 2 aromatic rings. The van der Waals surface area contributed by atoms with Gasteiger partial charge in [0.25, 0.3) is 0 Å². The molecular weight excluding hydrogens is 330 g/mol. The van der Waals surface area contributed by atoms with Gasteiger partial charge in [0.2, 0.25) is 11.4 Å². The number of ketones is 2. The van der Waals surface area contributed by atoms with Crippen molar-refractivity contribution in [1.29, 1.82) is 0 Å². The molecule has 1 heterocycles. The Morgan fingerprint density at radius 2 is 1.85 bits per heavy atom. The second-order valence-corrected chi connectivity index (χ2v) is 6.62. The topological polar surface area (TPSA) is 77.6 Å². The van der Waals surface area contributed by atoms with Crippen molar-refractivity contribution in [3.8, 4) is 5.75 Å². The number of aliphatic hydroxyl groups excluding tert-OH is 1. The molecule has 26 heavy (non-hydrogen) atoms. The minimum absolute atomic E-state index is 0.0964. The standard InChI is InChI=1S/C21H13NO4/c1-10-6-7-13-15(8-10)26-16-9-14(23)17-18(19(16)22-13)21(25)12-5-3-2-4-11(12)20(17)24/h2-9,18,24H,1H3/p+1. The lowest BCUT2D eigenvalue weighted by Crippen LogP contribution is -2.72. The van der Waals surface area contributed by atoms with Gasteiger partial charge in [-0.2, -0.15) is 0 Å². The zero-order valence-corrected chi connectivity index (χ0v) is 13.9. The fourth-order valence-electron chi connectivity index (χ4n) is 3.72. The first kappa shape index (κ1) is 14.8. The maximum atomic E-state index is 13.1. The second-order valence-electron chi connectivity index (χ2n) is 6.62. The number of carbonyl (C=O) groups is 2.